The van der Waals surface area contributed by atoms with Crippen LogP contribution in [-0.2, 0) is 28.7 Å². The average Bonchev–Trinajstić information content (AvgIpc) is 2.86. The SMILES string of the molecule is C[C@@H]1C(=O)OCC2=C3C[C@@H](CC[C@@]3(C)C=CC2=O)[C@H](C)C(=O)OCC2=C3C[C@H]1CC[C@@]3(C)C=CC2=O. The molecule has 6 heteroatoms. The van der Waals surface area contributed by atoms with Crippen LogP contribution < -0.4 is 0 Å². The van der Waals surface area contributed by atoms with Crippen LogP contribution in [0.4, 0.5) is 0 Å². The highest BCUT2D eigenvalue weighted by atomic mass is 16.5. The molecule has 192 valence electrons. The highest BCUT2D eigenvalue weighted by Gasteiger charge is 2.44. The van der Waals surface area contributed by atoms with Crippen LogP contribution in [0.15, 0.2) is 46.6 Å². The zero-order chi connectivity index (χ0) is 25.8. The lowest BCUT2D eigenvalue weighted by molar-refractivity contribution is -0.149. The maximum atomic E-state index is 13.2. The Morgan fingerprint density at radius 1 is 0.694 bits per heavy atom. The minimum atomic E-state index is -0.370. The molecule has 0 spiro atoms. The third-order valence-corrected chi connectivity index (χ3v) is 9.78. The molecule has 1 aliphatic heterocycles. The van der Waals surface area contributed by atoms with Crippen LogP contribution in [0.5, 0.6) is 0 Å². The Morgan fingerprint density at radius 3 is 1.47 bits per heavy atom. The number of cyclic esters (lactones) is 2. The van der Waals surface area contributed by atoms with Crippen LogP contribution in [0, 0.1) is 34.5 Å². The Balaban J connectivity index is 1.52. The van der Waals surface area contributed by atoms with E-state index in [0.29, 0.717) is 24.0 Å². The first-order valence-corrected chi connectivity index (χ1v) is 13.3. The molecule has 0 saturated heterocycles. The number of rotatable bonds is 0. The zero-order valence-corrected chi connectivity index (χ0v) is 21.7. The topological polar surface area (TPSA) is 86.7 Å². The summed E-state index contributed by atoms with van der Waals surface area (Å²) in [4.78, 5) is 52.1. The molecule has 0 unspecified atom stereocenters. The second kappa shape index (κ2) is 8.97. The van der Waals surface area contributed by atoms with E-state index in [2.05, 4.69) is 13.8 Å². The van der Waals surface area contributed by atoms with Gasteiger partial charge in [0.05, 0.1) is 11.8 Å². The summed E-state index contributed by atoms with van der Waals surface area (Å²) in [6, 6.07) is 0. The molecule has 0 aromatic rings. The molecular weight excluding hydrogens is 456 g/mol. The Kier molecular flexibility index (Phi) is 6.20. The van der Waals surface area contributed by atoms with Crippen molar-refractivity contribution in [3.05, 3.63) is 46.6 Å². The van der Waals surface area contributed by atoms with Gasteiger partial charge in [0.25, 0.3) is 0 Å². The Morgan fingerprint density at radius 2 is 1.08 bits per heavy atom. The Labute approximate surface area is 212 Å². The van der Waals surface area contributed by atoms with Crippen LogP contribution in [0.25, 0.3) is 0 Å². The molecular formula is C30H36O6. The quantitative estimate of drug-likeness (QED) is 0.450. The summed E-state index contributed by atoms with van der Waals surface area (Å²) in [5.41, 5.74) is 2.51. The van der Waals surface area contributed by atoms with Crippen molar-refractivity contribution < 1.29 is 28.7 Å². The van der Waals surface area contributed by atoms with E-state index in [9.17, 15) is 19.2 Å². The normalized spacial score (nSPS) is 39.2. The van der Waals surface area contributed by atoms with Crippen molar-refractivity contribution in [2.24, 2.45) is 34.5 Å². The van der Waals surface area contributed by atoms with Crippen molar-refractivity contribution in [2.75, 3.05) is 13.2 Å². The van der Waals surface area contributed by atoms with Gasteiger partial charge in [-0.15, -0.1) is 0 Å². The van der Waals surface area contributed by atoms with Crippen molar-refractivity contribution >= 4 is 23.5 Å². The van der Waals surface area contributed by atoms with E-state index in [-0.39, 0.29) is 71.2 Å². The summed E-state index contributed by atoms with van der Waals surface area (Å²) >= 11 is 0. The van der Waals surface area contributed by atoms with Gasteiger partial charge in [0, 0.05) is 22.0 Å². The maximum Gasteiger partial charge on any atom is 0.309 e. The summed E-state index contributed by atoms with van der Waals surface area (Å²) in [5, 5.41) is 0. The summed E-state index contributed by atoms with van der Waals surface area (Å²) in [7, 11) is 0. The van der Waals surface area contributed by atoms with E-state index < -0.39 is 0 Å². The van der Waals surface area contributed by atoms with E-state index >= 15 is 0 Å². The van der Waals surface area contributed by atoms with Crippen molar-refractivity contribution in [1.82, 2.24) is 0 Å². The maximum absolute atomic E-state index is 13.2. The molecule has 6 atom stereocenters. The summed E-state index contributed by atoms with van der Waals surface area (Å²) in [6.07, 6.45) is 11.6. The molecule has 36 heavy (non-hydrogen) atoms. The van der Waals surface area contributed by atoms with Crippen molar-refractivity contribution in [3.8, 4) is 0 Å². The molecule has 0 N–H and O–H groups in total. The molecule has 1 heterocycles. The lowest BCUT2D eigenvalue weighted by atomic mass is 9.62. The Bertz CT molecular complexity index is 1060. The van der Waals surface area contributed by atoms with Crippen LogP contribution in [0.1, 0.15) is 66.2 Å². The molecule has 2 saturated carbocycles. The number of ketones is 2. The molecule has 6 nitrogen and oxygen atoms in total. The third-order valence-electron chi connectivity index (χ3n) is 9.78. The predicted octanol–water partition coefficient (Wildman–Crippen LogP) is 4.84. The number of allylic oxidation sites excluding steroid dienone is 6. The number of carbonyl (C=O) groups excluding carboxylic acids is 4. The number of fused-ring (bicyclic) bond motifs is 2. The number of hydrogen-bond acceptors (Lipinski definition) is 6. The largest absolute Gasteiger partial charge is 0.460 e. The number of carbonyl (C=O) groups is 4. The fourth-order valence-electron chi connectivity index (χ4n) is 6.89. The molecule has 0 aromatic heterocycles. The van der Waals surface area contributed by atoms with E-state index in [4.69, 9.17) is 9.47 Å². The predicted molar refractivity (Wildman–Crippen MR) is 133 cm³/mol. The van der Waals surface area contributed by atoms with Crippen LogP contribution in [0.3, 0.4) is 0 Å². The van der Waals surface area contributed by atoms with Crippen LogP contribution in [-0.4, -0.2) is 36.7 Å². The van der Waals surface area contributed by atoms with Crippen LogP contribution in [0.2, 0.25) is 0 Å². The molecule has 4 aliphatic carbocycles. The van der Waals surface area contributed by atoms with Gasteiger partial charge < -0.3 is 9.47 Å². The summed E-state index contributed by atoms with van der Waals surface area (Å²) in [5.74, 6) is -1.55. The summed E-state index contributed by atoms with van der Waals surface area (Å²) < 4.78 is 11.6. The van der Waals surface area contributed by atoms with Crippen molar-refractivity contribution in [2.45, 2.75) is 66.2 Å². The summed E-state index contributed by atoms with van der Waals surface area (Å²) in [6.45, 7) is 7.90. The first kappa shape index (κ1) is 24.9. The standard InChI is InChI=1S/C30H36O6/c1-17-19-5-9-29(3)11-7-26(32)22(23(29)13-19)16-36-28(34)18(2)20-6-10-30(4)12-8-25(31)21(24(30)14-20)15-35-27(17)33/h7-8,11-12,17-20H,5-6,9-10,13-16H2,1-4H3/t17-,18-,19+,20+,29-,30-/m0/s1. The third kappa shape index (κ3) is 4.12. The molecule has 5 aliphatic rings. The van der Waals surface area contributed by atoms with Gasteiger partial charge >= 0.3 is 11.9 Å². The molecule has 5 rings (SSSR count). The fraction of sp³-hybridized carbons (Fsp3) is 0.600. The van der Waals surface area contributed by atoms with E-state index in [1.54, 1.807) is 12.2 Å². The lowest BCUT2D eigenvalue weighted by Crippen LogP contribution is -2.38. The molecule has 4 bridgehead atoms. The second-order valence-electron chi connectivity index (χ2n) is 11.9. The van der Waals surface area contributed by atoms with Gasteiger partial charge in [0.2, 0.25) is 0 Å². The van der Waals surface area contributed by atoms with E-state index in [1.807, 2.05) is 26.0 Å². The number of esters is 2. The van der Waals surface area contributed by atoms with Crippen molar-refractivity contribution in [1.29, 1.82) is 0 Å². The van der Waals surface area contributed by atoms with E-state index in [0.717, 1.165) is 36.8 Å². The first-order chi connectivity index (χ1) is 17.0. The van der Waals surface area contributed by atoms with Crippen LogP contribution >= 0.6 is 0 Å². The minimum Gasteiger partial charge on any atom is -0.460 e. The smallest absolute Gasteiger partial charge is 0.309 e. The number of ether oxygens (including phenoxy) is 2. The first-order valence-electron chi connectivity index (χ1n) is 13.3. The van der Waals surface area contributed by atoms with Gasteiger partial charge in [-0.2, -0.15) is 0 Å². The monoisotopic (exact) mass is 492 g/mol. The van der Waals surface area contributed by atoms with Gasteiger partial charge in [-0.3, -0.25) is 19.2 Å². The zero-order valence-electron chi connectivity index (χ0n) is 21.7. The van der Waals surface area contributed by atoms with Gasteiger partial charge in [-0.25, -0.2) is 0 Å². The van der Waals surface area contributed by atoms with Gasteiger partial charge in [-0.1, -0.05) is 39.8 Å². The Hall–Kier alpha value is -2.76. The lowest BCUT2D eigenvalue weighted by Gasteiger charge is -2.43. The molecule has 0 aromatic carbocycles. The minimum absolute atomic E-state index is 0.0151. The highest BCUT2D eigenvalue weighted by molar-refractivity contribution is 6.07. The van der Waals surface area contributed by atoms with E-state index in [1.165, 1.54) is 0 Å². The second-order valence-corrected chi connectivity index (χ2v) is 11.9. The fourth-order valence-corrected chi connectivity index (χ4v) is 6.89. The number of hydrogen-bond donors (Lipinski definition) is 0. The molecule has 0 amide bonds. The molecule has 0 radical (unpaired) electrons. The average molecular weight is 493 g/mol. The van der Waals surface area contributed by atoms with Gasteiger partial charge in [-0.05, 0) is 73.7 Å². The van der Waals surface area contributed by atoms with Gasteiger partial charge in [0.15, 0.2) is 11.6 Å². The molecule has 2 fully saturated rings. The van der Waals surface area contributed by atoms with Gasteiger partial charge in [0.1, 0.15) is 13.2 Å². The highest BCUT2D eigenvalue weighted by Crippen LogP contribution is 2.51. The van der Waals surface area contributed by atoms with Crippen molar-refractivity contribution in [3.63, 3.8) is 0 Å².